The van der Waals surface area contributed by atoms with Gasteiger partial charge in [-0.3, -0.25) is 4.79 Å². The number of hydrogen-bond donors (Lipinski definition) is 2. The number of halogens is 1. The van der Waals surface area contributed by atoms with E-state index >= 15 is 0 Å². The van der Waals surface area contributed by atoms with Gasteiger partial charge in [-0.25, -0.2) is 0 Å². The van der Waals surface area contributed by atoms with Crippen molar-refractivity contribution in [3.63, 3.8) is 0 Å². The SMILES string of the molecule is COc1ccc(NC(=O)C(C)CC2CCCC2)cc1N.Cl. The first-order chi connectivity index (χ1) is 9.60. The third-order valence-electron chi connectivity index (χ3n) is 4.11. The maximum absolute atomic E-state index is 12.2. The molecule has 2 rings (SSSR count). The van der Waals surface area contributed by atoms with E-state index in [0.717, 1.165) is 18.0 Å². The molecule has 1 aliphatic carbocycles. The molecule has 21 heavy (non-hydrogen) atoms. The molecule has 0 spiro atoms. The normalized spacial score (nSPS) is 16.1. The van der Waals surface area contributed by atoms with Crippen LogP contribution in [0.3, 0.4) is 0 Å². The van der Waals surface area contributed by atoms with Gasteiger partial charge in [0.15, 0.2) is 0 Å². The number of carbonyl (C=O) groups is 1. The molecule has 0 aliphatic heterocycles. The van der Waals surface area contributed by atoms with E-state index in [4.69, 9.17) is 10.5 Å². The van der Waals surface area contributed by atoms with Crippen LogP contribution in [-0.4, -0.2) is 13.0 Å². The van der Waals surface area contributed by atoms with Crippen LogP contribution in [0, 0.1) is 11.8 Å². The lowest BCUT2D eigenvalue weighted by Crippen LogP contribution is -2.22. The molecule has 1 atom stereocenters. The van der Waals surface area contributed by atoms with E-state index in [1.807, 2.05) is 13.0 Å². The molecule has 1 saturated carbocycles. The van der Waals surface area contributed by atoms with Crippen molar-refractivity contribution in [3.8, 4) is 5.75 Å². The zero-order chi connectivity index (χ0) is 14.5. The maximum Gasteiger partial charge on any atom is 0.227 e. The molecule has 118 valence electrons. The average Bonchev–Trinajstić information content (AvgIpc) is 2.91. The molecule has 0 radical (unpaired) electrons. The number of carbonyl (C=O) groups excluding carboxylic acids is 1. The fourth-order valence-corrected chi connectivity index (χ4v) is 2.93. The number of amides is 1. The van der Waals surface area contributed by atoms with Crippen LogP contribution in [0.4, 0.5) is 11.4 Å². The van der Waals surface area contributed by atoms with E-state index < -0.39 is 0 Å². The fourth-order valence-electron chi connectivity index (χ4n) is 2.93. The van der Waals surface area contributed by atoms with Gasteiger partial charge in [-0.1, -0.05) is 32.6 Å². The molecule has 1 fully saturated rings. The van der Waals surface area contributed by atoms with Crippen LogP contribution in [0.25, 0.3) is 0 Å². The van der Waals surface area contributed by atoms with Gasteiger partial charge < -0.3 is 15.8 Å². The molecule has 5 heteroatoms. The number of methoxy groups -OCH3 is 1. The molecular weight excluding hydrogens is 288 g/mol. The molecule has 1 unspecified atom stereocenters. The summed E-state index contributed by atoms with van der Waals surface area (Å²) < 4.78 is 5.10. The minimum Gasteiger partial charge on any atom is -0.495 e. The van der Waals surface area contributed by atoms with Gasteiger partial charge in [0.1, 0.15) is 5.75 Å². The van der Waals surface area contributed by atoms with Crippen LogP contribution >= 0.6 is 12.4 Å². The van der Waals surface area contributed by atoms with Gasteiger partial charge in [0.05, 0.1) is 12.8 Å². The van der Waals surface area contributed by atoms with E-state index in [2.05, 4.69) is 5.32 Å². The lowest BCUT2D eigenvalue weighted by molar-refractivity contribution is -0.119. The van der Waals surface area contributed by atoms with Gasteiger partial charge in [0.25, 0.3) is 0 Å². The monoisotopic (exact) mass is 312 g/mol. The quantitative estimate of drug-likeness (QED) is 0.812. The number of ether oxygens (including phenoxy) is 1. The zero-order valence-electron chi connectivity index (χ0n) is 12.7. The number of hydrogen-bond acceptors (Lipinski definition) is 3. The summed E-state index contributed by atoms with van der Waals surface area (Å²) in [6.45, 7) is 2.00. The van der Waals surface area contributed by atoms with Crippen LogP contribution in [0.15, 0.2) is 18.2 Å². The highest BCUT2D eigenvalue weighted by Gasteiger charge is 2.21. The van der Waals surface area contributed by atoms with Crippen molar-refractivity contribution >= 4 is 29.7 Å². The number of nitrogens with one attached hydrogen (secondary N) is 1. The van der Waals surface area contributed by atoms with Crippen LogP contribution in [-0.2, 0) is 4.79 Å². The Hall–Kier alpha value is -1.42. The third-order valence-corrected chi connectivity index (χ3v) is 4.11. The van der Waals surface area contributed by atoms with Crippen molar-refractivity contribution in [1.82, 2.24) is 0 Å². The molecule has 1 aromatic rings. The van der Waals surface area contributed by atoms with Crippen LogP contribution in [0.1, 0.15) is 39.0 Å². The summed E-state index contributed by atoms with van der Waals surface area (Å²) in [5, 5.41) is 2.93. The van der Waals surface area contributed by atoms with E-state index in [-0.39, 0.29) is 24.2 Å². The number of anilines is 2. The summed E-state index contributed by atoms with van der Waals surface area (Å²) in [5.41, 5.74) is 7.10. The fraction of sp³-hybridized carbons (Fsp3) is 0.562. The van der Waals surface area contributed by atoms with Crippen molar-refractivity contribution in [2.24, 2.45) is 11.8 Å². The number of nitrogens with two attached hydrogens (primary N) is 1. The van der Waals surface area contributed by atoms with Crippen molar-refractivity contribution < 1.29 is 9.53 Å². The topological polar surface area (TPSA) is 64.3 Å². The van der Waals surface area contributed by atoms with Gasteiger partial charge >= 0.3 is 0 Å². The summed E-state index contributed by atoms with van der Waals surface area (Å²) in [5.74, 6) is 1.46. The summed E-state index contributed by atoms with van der Waals surface area (Å²) >= 11 is 0. The largest absolute Gasteiger partial charge is 0.495 e. The van der Waals surface area contributed by atoms with Gasteiger partial charge in [-0.15, -0.1) is 12.4 Å². The van der Waals surface area contributed by atoms with E-state index in [1.54, 1.807) is 19.2 Å². The molecule has 1 aliphatic rings. The Balaban J connectivity index is 0.00000220. The molecule has 1 aromatic carbocycles. The Labute approximate surface area is 132 Å². The van der Waals surface area contributed by atoms with Crippen molar-refractivity contribution in [1.29, 1.82) is 0 Å². The first kappa shape index (κ1) is 17.6. The van der Waals surface area contributed by atoms with E-state index in [0.29, 0.717) is 11.4 Å². The Morgan fingerprint density at radius 1 is 1.43 bits per heavy atom. The van der Waals surface area contributed by atoms with E-state index in [1.165, 1.54) is 25.7 Å². The molecular formula is C16H25ClN2O2. The highest BCUT2D eigenvalue weighted by Crippen LogP contribution is 2.31. The Morgan fingerprint density at radius 3 is 2.67 bits per heavy atom. The molecule has 0 saturated heterocycles. The molecule has 0 bridgehead atoms. The second-order valence-corrected chi connectivity index (χ2v) is 5.73. The van der Waals surface area contributed by atoms with Crippen molar-refractivity contribution in [2.45, 2.75) is 39.0 Å². The molecule has 0 aromatic heterocycles. The third kappa shape index (κ3) is 4.81. The minimum absolute atomic E-state index is 0. The standard InChI is InChI=1S/C16H24N2O2.ClH/c1-11(9-12-5-3-4-6-12)16(19)18-13-7-8-15(20-2)14(17)10-13;/h7-8,10-12H,3-6,9,17H2,1-2H3,(H,18,19);1H. The van der Waals surface area contributed by atoms with Crippen molar-refractivity contribution in [2.75, 3.05) is 18.2 Å². The molecule has 1 amide bonds. The molecule has 4 nitrogen and oxygen atoms in total. The summed E-state index contributed by atoms with van der Waals surface area (Å²) in [6.07, 6.45) is 6.15. The predicted octanol–water partition coefficient (Wildman–Crippen LogP) is 3.85. The minimum atomic E-state index is 0. The predicted molar refractivity (Wildman–Crippen MR) is 89.0 cm³/mol. The summed E-state index contributed by atoms with van der Waals surface area (Å²) in [6, 6.07) is 5.32. The average molecular weight is 313 g/mol. The second kappa shape index (κ2) is 8.13. The van der Waals surface area contributed by atoms with Gasteiger partial charge in [-0.2, -0.15) is 0 Å². The first-order valence-electron chi connectivity index (χ1n) is 7.34. The Morgan fingerprint density at radius 2 is 2.10 bits per heavy atom. The van der Waals surface area contributed by atoms with Crippen LogP contribution < -0.4 is 15.8 Å². The molecule has 0 heterocycles. The van der Waals surface area contributed by atoms with Crippen LogP contribution in [0.5, 0.6) is 5.75 Å². The highest BCUT2D eigenvalue weighted by atomic mass is 35.5. The summed E-state index contributed by atoms with van der Waals surface area (Å²) in [7, 11) is 1.58. The summed E-state index contributed by atoms with van der Waals surface area (Å²) in [4.78, 5) is 12.2. The number of nitrogen functional groups attached to an aromatic ring is 1. The van der Waals surface area contributed by atoms with Gasteiger partial charge in [0.2, 0.25) is 5.91 Å². The zero-order valence-corrected chi connectivity index (χ0v) is 13.5. The highest BCUT2D eigenvalue weighted by molar-refractivity contribution is 5.93. The molecule has 3 N–H and O–H groups in total. The Kier molecular flexibility index (Phi) is 6.82. The lowest BCUT2D eigenvalue weighted by atomic mass is 9.94. The smallest absolute Gasteiger partial charge is 0.227 e. The van der Waals surface area contributed by atoms with Gasteiger partial charge in [0, 0.05) is 11.6 Å². The number of rotatable bonds is 5. The second-order valence-electron chi connectivity index (χ2n) is 5.73. The first-order valence-corrected chi connectivity index (χ1v) is 7.34. The van der Waals surface area contributed by atoms with Crippen molar-refractivity contribution in [3.05, 3.63) is 18.2 Å². The van der Waals surface area contributed by atoms with Crippen LogP contribution in [0.2, 0.25) is 0 Å². The van der Waals surface area contributed by atoms with E-state index in [9.17, 15) is 4.79 Å². The van der Waals surface area contributed by atoms with Gasteiger partial charge in [-0.05, 0) is 30.5 Å². The lowest BCUT2D eigenvalue weighted by Gasteiger charge is -2.16. The maximum atomic E-state index is 12.2. The number of benzene rings is 1. The Bertz CT molecular complexity index is 473.